The van der Waals surface area contributed by atoms with E-state index in [0.717, 1.165) is 76.8 Å². The van der Waals surface area contributed by atoms with Gasteiger partial charge in [0.25, 0.3) is 5.91 Å². The lowest BCUT2D eigenvalue weighted by Crippen LogP contribution is -2.75. The second-order valence-corrected chi connectivity index (χ2v) is 12.9. The summed E-state index contributed by atoms with van der Waals surface area (Å²) in [6.45, 7) is 5.70. The molecule has 226 valence electrons. The maximum Gasteiger partial charge on any atom is 0.251 e. The number of nitrogens with zero attached hydrogens (tertiary/aromatic N) is 2. The van der Waals surface area contributed by atoms with Crippen LogP contribution in [0.3, 0.4) is 0 Å². The fraction of sp³-hybridized carbons (Fsp3) is 0.719. The Morgan fingerprint density at radius 1 is 1.10 bits per heavy atom. The number of piperazine rings is 1. The summed E-state index contributed by atoms with van der Waals surface area (Å²) in [5.41, 5.74) is -0.118. The molecular weight excluding hydrogens is 520 g/mol. The first kappa shape index (κ1) is 29.8. The van der Waals surface area contributed by atoms with Crippen LogP contribution in [0.15, 0.2) is 24.3 Å². The van der Waals surface area contributed by atoms with E-state index in [9.17, 15) is 19.5 Å². The van der Waals surface area contributed by atoms with Crippen LogP contribution in [-0.2, 0) is 9.59 Å². The van der Waals surface area contributed by atoms with Crippen LogP contribution >= 0.6 is 0 Å². The molecule has 0 aromatic heterocycles. The predicted octanol–water partition coefficient (Wildman–Crippen LogP) is 3.11. The Bertz CT molecular complexity index is 1070. The fourth-order valence-corrected chi connectivity index (χ4v) is 7.12. The number of hydrogen-bond donors (Lipinski definition) is 3. The number of hydrogen-bond acceptors (Lipinski definition) is 6. The molecule has 2 saturated heterocycles. The molecule has 0 bridgehead atoms. The number of carbonyl (C=O) groups excluding carboxylic acids is 3. The summed E-state index contributed by atoms with van der Waals surface area (Å²) in [5.74, 6) is 0.537. The number of aliphatic hydroxyl groups excluding tert-OH is 1. The number of unbranched alkanes of at least 4 members (excludes halogenated alkanes) is 1. The second kappa shape index (κ2) is 12.7. The second-order valence-electron chi connectivity index (χ2n) is 12.9. The monoisotopic (exact) mass is 568 g/mol. The van der Waals surface area contributed by atoms with Gasteiger partial charge in [0.05, 0.1) is 12.7 Å². The maximum absolute atomic E-state index is 13.8. The molecule has 4 fully saturated rings. The van der Waals surface area contributed by atoms with Crippen molar-refractivity contribution in [2.75, 3.05) is 39.8 Å². The van der Waals surface area contributed by atoms with Gasteiger partial charge in [-0.15, -0.1) is 0 Å². The SMILES string of the molecule is CCCCN1C(=O)[C@@H]([C@H](O)C2CCCCC2)NC(=O)C12CCN(CC1(COc3ccc(C(=O)NC)cc3)CC1)CC2. The quantitative estimate of drug-likeness (QED) is 0.378. The number of piperidine rings is 1. The van der Waals surface area contributed by atoms with Gasteiger partial charge in [-0.1, -0.05) is 32.6 Å². The zero-order valence-electron chi connectivity index (χ0n) is 24.8. The largest absolute Gasteiger partial charge is 0.493 e. The van der Waals surface area contributed by atoms with Crippen LogP contribution in [0.25, 0.3) is 0 Å². The number of rotatable bonds is 11. The van der Waals surface area contributed by atoms with Gasteiger partial charge in [0.1, 0.15) is 17.3 Å². The molecule has 2 aliphatic heterocycles. The summed E-state index contributed by atoms with van der Waals surface area (Å²) in [6, 6.07) is 6.40. The highest BCUT2D eigenvalue weighted by Gasteiger charge is 2.56. The molecule has 2 heterocycles. The summed E-state index contributed by atoms with van der Waals surface area (Å²) in [4.78, 5) is 43.7. The van der Waals surface area contributed by atoms with Crippen molar-refractivity contribution in [1.29, 1.82) is 0 Å². The highest BCUT2D eigenvalue weighted by molar-refractivity contribution is 6.00. The molecule has 9 heteroatoms. The molecule has 3 amide bonds. The van der Waals surface area contributed by atoms with E-state index in [-0.39, 0.29) is 29.1 Å². The first-order valence-electron chi connectivity index (χ1n) is 15.8. The minimum atomic E-state index is -0.830. The number of amides is 3. The van der Waals surface area contributed by atoms with Crippen molar-refractivity contribution in [3.05, 3.63) is 29.8 Å². The highest BCUT2D eigenvalue weighted by atomic mass is 16.5. The molecule has 0 unspecified atom stereocenters. The average Bonchev–Trinajstić information content (AvgIpc) is 3.78. The lowest BCUT2D eigenvalue weighted by molar-refractivity contribution is -0.166. The Hall–Kier alpha value is -2.65. The summed E-state index contributed by atoms with van der Waals surface area (Å²) < 4.78 is 6.13. The van der Waals surface area contributed by atoms with Gasteiger partial charge in [0.2, 0.25) is 11.8 Å². The zero-order chi connectivity index (χ0) is 29.0. The molecule has 5 rings (SSSR count). The third-order valence-corrected chi connectivity index (χ3v) is 10.1. The van der Waals surface area contributed by atoms with Gasteiger partial charge >= 0.3 is 0 Å². The molecule has 1 aromatic rings. The van der Waals surface area contributed by atoms with Gasteiger partial charge in [-0.25, -0.2) is 0 Å². The van der Waals surface area contributed by atoms with Crippen molar-refractivity contribution in [2.45, 2.75) is 95.2 Å². The van der Waals surface area contributed by atoms with E-state index >= 15 is 0 Å². The van der Waals surface area contributed by atoms with Gasteiger partial charge in [-0.2, -0.15) is 0 Å². The van der Waals surface area contributed by atoms with Crippen molar-refractivity contribution >= 4 is 17.7 Å². The van der Waals surface area contributed by atoms with Crippen LogP contribution in [0.1, 0.15) is 87.9 Å². The first-order valence-corrected chi connectivity index (χ1v) is 15.8. The zero-order valence-corrected chi connectivity index (χ0v) is 24.8. The van der Waals surface area contributed by atoms with E-state index in [1.54, 1.807) is 19.2 Å². The molecule has 2 saturated carbocycles. The summed E-state index contributed by atoms with van der Waals surface area (Å²) >= 11 is 0. The van der Waals surface area contributed by atoms with Gasteiger partial charge in [-0.05, 0) is 75.1 Å². The van der Waals surface area contributed by atoms with Crippen LogP contribution in [0.2, 0.25) is 0 Å². The Labute approximate surface area is 244 Å². The molecule has 1 spiro atoms. The third kappa shape index (κ3) is 6.41. The Morgan fingerprint density at radius 3 is 2.39 bits per heavy atom. The molecule has 2 aliphatic carbocycles. The van der Waals surface area contributed by atoms with Gasteiger partial charge < -0.3 is 30.3 Å². The lowest BCUT2D eigenvalue weighted by Gasteiger charge is -2.53. The highest BCUT2D eigenvalue weighted by Crippen LogP contribution is 2.47. The van der Waals surface area contributed by atoms with E-state index in [2.05, 4.69) is 22.5 Å². The van der Waals surface area contributed by atoms with Crippen molar-refractivity contribution in [3.63, 3.8) is 0 Å². The van der Waals surface area contributed by atoms with E-state index < -0.39 is 17.7 Å². The number of likely N-dealkylation sites (tertiary alicyclic amines) is 1. The van der Waals surface area contributed by atoms with Crippen LogP contribution in [0.5, 0.6) is 5.75 Å². The van der Waals surface area contributed by atoms with Crippen LogP contribution in [0, 0.1) is 11.3 Å². The predicted molar refractivity (Wildman–Crippen MR) is 157 cm³/mol. The normalized spacial score (nSPS) is 25.0. The van der Waals surface area contributed by atoms with E-state index in [1.165, 1.54) is 6.42 Å². The number of carbonyl (C=O) groups is 3. The first-order chi connectivity index (χ1) is 19.8. The van der Waals surface area contributed by atoms with Gasteiger partial charge in [0.15, 0.2) is 0 Å². The molecule has 9 nitrogen and oxygen atoms in total. The summed E-state index contributed by atoms with van der Waals surface area (Å²) in [5, 5.41) is 16.8. The number of ether oxygens (including phenoxy) is 1. The topological polar surface area (TPSA) is 111 Å². The maximum atomic E-state index is 13.8. The summed E-state index contributed by atoms with van der Waals surface area (Å²) in [6.07, 6.45) is 9.57. The van der Waals surface area contributed by atoms with Gasteiger partial charge in [-0.3, -0.25) is 14.4 Å². The van der Waals surface area contributed by atoms with Crippen molar-refractivity contribution in [3.8, 4) is 5.75 Å². The smallest absolute Gasteiger partial charge is 0.251 e. The molecule has 3 N–H and O–H groups in total. The number of benzene rings is 1. The van der Waals surface area contributed by atoms with Crippen LogP contribution in [-0.4, -0.2) is 90.1 Å². The molecular formula is C32H48N4O5. The van der Waals surface area contributed by atoms with Crippen molar-refractivity contribution in [1.82, 2.24) is 20.4 Å². The standard InChI is InChI=1S/C32H48N4O5/c1-3-4-18-36-29(39)26(27(37)23-8-6-5-7-9-23)34-30(40)32(36)16-19-35(20-17-32)21-31(14-15-31)22-41-25-12-10-24(11-13-25)28(38)33-2/h10-13,23,26-27,37H,3-9,14-22H2,1-2H3,(H,33,38)(H,34,40)/t26-,27-/m1/s1. The molecule has 2 atom stereocenters. The summed E-state index contributed by atoms with van der Waals surface area (Å²) in [7, 11) is 1.62. The van der Waals surface area contributed by atoms with Crippen molar-refractivity contribution < 1.29 is 24.2 Å². The lowest BCUT2D eigenvalue weighted by atomic mass is 9.77. The van der Waals surface area contributed by atoms with Crippen LogP contribution < -0.4 is 15.4 Å². The fourth-order valence-electron chi connectivity index (χ4n) is 7.12. The molecule has 41 heavy (non-hydrogen) atoms. The van der Waals surface area contributed by atoms with Crippen LogP contribution in [0.4, 0.5) is 0 Å². The molecule has 1 aromatic carbocycles. The number of aliphatic hydroxyl groups is 1. The Kier molecular flexibility index (Phi) is 9.24. The minimum Gasteiger partial charge on any atom is -0.493 e. The average molecular weight is 569 g/mol. The van der Waals surface area contributed by atoms with E-state index in [1.807, 2.05) is 17.0 Å². The van der Waals surface area contributed by atoms with Gasteiger partial charge in [0, 0.05) is 44.2 Å². The third-order valence-electron chi connectivity index (χ3n) is 10.1. The van der Waals surface area contributed by atoms with Crippen molar-refractivity contribution in [2.24, 2.45) is 11.3 Å². The Balaban J connectivity index is 1.19. The van der Waals surface area contributed by atoms with E-state index in [0.29, 0.717) is 31.6 Å². The molecule has 4 aliphatic rings. The Morgan fingerprint density at radius 2 is 1.78 bits per heavy atom. The van der Waals surface area contributed by atoms with E-state index in [4.69, 9.17) is 4.74 Å². The minimum absolute atomic E-state index is 0.0765. The number of nitrogens with one attached hydrogen (secondary N) is 2. The molecule has 0 radical (unpaired) electrons.